The van der Waals surface area contributed by atoms with Crippen molar-refractivity contribution in [2.45, 2.75) is 13.0 Å². The molecule has 25 heavy (non-hydrogen) atoms. The predicted molar refractivity (Wildman–Crippen MR) is 102 cm³/mol. The van der Waals surface area contributed by atoms with Crippen LogP contribution >= 0.6 is 11.3 Å². The Hall–Kier alpha value is -1.92. The number of amides is 2. The second-order valence-corrected chi connectivity index (χ2v) is 8.16. The molecule has 1 aromatic carbocycles. The van der Waals surface area contributed by atoms with Gasteiger partial charge < -0.3 is 14.7 Å². The van der Waals surface area contributed by atoms with Crippen molar-refractivity contribution in [1.29, 1.82) is 0 Å². The molecule has 1 aliphatic rings. The largest absolute Gasteiger partial charge is 0.341 e. The monoisotopic (exact) mass is 359 g/mol. The third kappa shape index (κ3) is 4.19. The fraction of sp³-hybridized carbons (Fsp3) is 0.474. The van der Waals surface area contributed by atoms with Crippen molar-refractivity contribution in [3.05, 3.63) is 35.2 Å². The number of fused-ring (bicyclic) bond motifs is 1. The average molecular weight is 359 g/mol. The van der Waals surface area contributed by atoms with E-state index in [1.54, 1.807) is 16.2 Å². The first kappa shape index (κ1) is 17.9. The molecule has 0 radical (unpaired) electrons. The quantitative estimate of drug-likeness (QED) is 0.795. The summed E-state index contributed by atoms with van der Waals surface area (Å²) in [6, 6.07) is 10.4. The lowest BCUT2D eigenvalue weighted by atomic mass is 10.1. The lowest BCUT2D eigenvalue weighted by Gasteiger charge is -2.21. The Morgan fingerprint density at radius 1 is 1.28 bits per heavy atom. The SMILES string of the molecule is CN(C)CCN1CC(C(=O)N(C)Cc2cc3ccccc3s2)CC1=O. The molecular weight excluding hydrogens is 334 g/mol. The number of carbonyl (C=O) groups is 2. The summed E-state index contributed by atoms with van der Waals surface area (Å²) in [4.78, 5) is 31.7. The molecule has 1 aromatic heterocycles. The van der Waals surface area contributed by atoms with Crippen LogP contribution in [-0.2, 0) is 16.1 Å². The van der Waals surface area contributed by atoms with Gasteiger partial charge in [0, 0.05) is 42.7 Å². The Morgan fingerprint density at radius 3 is 2.76 bits per heavy atom. The molecule has 2 amide bonds. The van der Waals surface area contributed by atoms with E-state index in [0.717, 1.165) is 6.54 Å². The molecule has 1 unspecified atom stereocenters. The van der Waals surface area contributed by atoms with Crippen molar-refractivity contribution in [2.24, 2.45) is 5.92 Å². The van der Waals surface area contributed by atoms with Crippen LogP contribution in [0, 0.1) is 5.92 Å². The van der Waals surface area contributed by atoms with Crippen LogP contribution in [0.4, 0.5) is 0 Å². The molecule has 1 fully saturated rings. The Kier molecular flexibility index (Phi) is 5.39. The summed E-state index contributed by atoms with van der Waals surface area (Å²) in [7, 11) is 5.81. The van der Waals surface area contributed by atoms with E-state index in [9.17, 15) is 9.59 Å². The van der Waals surface area contributed by atoms with Crippen LogP contribution in [0.1, 0.15) is 11.3 Å². The van der Waals surface area contributed by atoms with Gasteiger partial charge in [-0.2, -0.15) is 0 Å². The minimum absolute atomic E-state index is 0.0677. The van der Waals surface area contributed by atoms with Crippen LogP contribution in [0.15, 0.2) is 30.3 Å². The van der Waals surface area contributed by atoms with E-state index >= 15 is 0 Å². The molecule has 0 spiro atoms. The minimum atomic E-state index is -0.214. The van der Waals surface area contributed by atoms with Gasteiger partial charge >= 0.3 is 0 Å². The van der Waals surface area contributed by atoms with E-state index in [2.05, 4.69) is 23.1 Å². The zero-order valence-corrected chi connectivity index (χ0v) is 15.9. The average Bonchev–Trinajstić information content (AvgIpc) is 3.14. The van der Waals surface area contributed by atoms with Crippen molar-refractivity contribution in [1.82, 2.24) is 14.7 Å². The van der Waals surface area contributed by atoms with Crippen molar-refractivity contribution in [3.8, 4) is 0 Å². The summed E-state index contributed by atoms with van der Waals surface area (Å²) >= 11 is 1.72. The molecule has 1 atom stereocenters. The molecule has 2 heterocycles. The van der Waals surface area contributed by atoms with Crippen LogP contribution in [0.25, 0.3) is 10.1 Å². The van der Waals surface area contributed by atoms with Gasteiger partial charge in [0.25, 0.3) is 0 Å². The highest BCUT2D eigenvalue weighted by molar-refractivity contribution is 7.19. The summed E-state index contributed by atoms with van der Waals surface area (Å²) in [6.07, 6.45) is 0.336. The molecule has 2 aromatic rings. The van der Waals surface area contributed by atoms with Crippen LogP contribution < -0.4 is 0 Å². The second kappa shape index (κ2) is 7.54. The number of likely N-dealkylation sites (tertiary alicyclic amines) is 1. The van der Waals surface area contributed by atoms with Gasteiger partial charge in [-0.05, 0) is 31.6 Å². The molecular formula is C19H25N3O2S. The van der Waals surface area contributed by atoms with Gasteiger partial charge in [-0.3, -0.25) is 9.59 Å². The van der Waals surface area contributed by atoms with Crippen LogP contribution in [0.5, 0.6) is 0 Å². The molecule has 1 saturated heterocycles. The van der Waals surface area contributed by atoms with Crippen LogP contribution in [-0.4, -0.2) is 67.3 Å². The van der Waals surface area contributed by atoms with E-state index in [0.29, 0.717) is 26.1 Å². The molecule has 5 nitrogen and oxygen atoms in total. The number of likely N-dealkylation sites (N-methyl/N-ethyl adjacent to an activating group) is 1. The number of carbonyl (C=O) groups excluding carboxylic acids is 2. The normalized spacial score (nSPS) is 17.7. The third-order valence-electron chi connectivity index (χ3n) is 4.63. The van der Waals surface area contributed by atoms with Crippen molar-refractivity contribution in [2.75, 3.05) is 40.8 Å². The zero-order valence-electron chi connectivity index (χ0n) is 15.1. The topological polar surface area (TPSA) is 43.9 Å². The van der Waals surface area contributed by atoms with Gasteiger partial charge in [-0.15, -0.1) is 11.3 Å². The lowest BCUT2D eigenvalue weighted by molar-refractivity contribution is -0.135. The first-order chi connectivity index (χ1) is 11.9. The van der Waals surface area contributed by atoms with E-state index in [-0.39, 0.29) is 17.7 Å². The van der Waals surface area contributed by atoms with Gasteiger partial charge in [-0.25, -0.2) is 0 Å². The first-order valence-corrected chi connectivity index (χ1v) is 9.40. The smallest absolute Gasteiger partial charge is 0.228 e. The molecule has 0 aliphatic carbocycles. The summed E-state index contributed by atoms with van der Waals surface area (Å²) in [5.74, 6) is -0.0531. The van der Waals surface area contributed by atoms with Gasteiger partial charge in [0.05, 0.1) is 12.5 Å². The Bertz CT molecular complexity index is 738. The first-order valence-electron chi connectivity index (χ1n) is 8.59. The fourth-order valence-corrected chi connectivity index (χ4v) is 4.33. The molecule has 3 rings (SSSR count). The summed E-state index contributed by atoms with van der Waals surface area (Å²) < 4.78 is 1.24. The zero-order chi connectivity index (χ0) is 18.0. The van der Waals surface area contributed by atoms with E-state index in [1.807, 2.05) is 38.2 Å². The summed E-state index contributed by atoms with van der Waals surface area (Å²) in [6.45, 7) is 2.66. The van der Waals surface area contributed by atoms with Gasteiger partial charge in [0.2, 0.25) is 11.8 Å². The van der Waals surface area contributed by atoms with Crippen molar-refractivity contribution in [3.63, 3.8) is 0 Å². The highest BCUT2D eigenvalue weighted by Crippen LogP contribution is 2.27. The third-order valence-corrected chi connectivity index (χ3v) is 5.73. The molecule has 0 saturated carbocycles. The number of hydrogen-bond acceptors (Lipinski definition) is 4. The summed E-state index contributed by atoms with van der Waals surface area (Å²) in [5.41, 5.74) is 0. The van der Waals surface area contributed by atoms with E-state index in [1.165, 1.54) is 15.0 Å². The number of hydrogen-bond donors (Lipinski definition) is 0. The highest BCUT2D eigenvalue weighted by Gasteiger charge is 2.35. The summed E-state index contributed by atoms with van der Waals surface area (Å²) in [5, 5.41) is 1.22. The number of rotatable bonds is 6. The highest BCUT2D eigenvalue weighted by atomic mass is 32.1. The Balaban J connectivity index is 1.59. The maximum atomic E-state index is 12.7. The molecule has 6 heteroatoms. The number of nitrogens with zero attached hydrogens (tertiary/aromatic N) is 3. The molecule has 0 N–H and O–H groups in total. The Labute approximate surface area is 152 Å². The second-order valence-electron chi connectivity index (χ2n) is 6.99. The minimum Gasteiger partial charge on any atom is -0.341 e. The fourth-order valence-electron chi connectivity index (χ4n) is 3.21. The molecule has 0 bridgehead atoms. The number of benzene rings is 1. The van der Waals surface area contributed by atoms with Crippen molar-refractivity contribution >= 4 is 33.2 Å². The van der Waals surface area contributed by atoms with E-state index in [4.69, 9.17) is 0 Å². The van der Waals surface area contributed by atoms with Crippen LogP contribution in [0.3, 0.4) is 0 Å². The number of thiophene rings is 1. The Morgan fingerprint density at radius 2 is 2.04 bits per heavy atom. The van der Waals surface area contributed by atoms with Crippen LogP contribution in [0.2, 0.25) is 0 Å². The van der Waals surface area contributed by atoms with Gasteiger partial charge in [0.15, 0.2) is 0 Å². The van der Waals surface area contributed by atoms with Crippen molar-refractivity contribution < 1.29 is 9.59 Å². The van der Waals surface area contributed by atoms with Gasteiger partial charge in [-0.1, -0.05) is 18.2 Å². The lowest BCUT2D eigenvalue weighted by Crippen LogP contribution is -2.36. The standard InChI is InChI=1S/C19H25N3O2S/c1-20(2)8-9-22-12-15(11-18(22)23)19(24)21(3)13-16-10-14-6-4-5-7-17(14)25-16/h4-7,10,15H,8-9,11-13H2,1-3H3. The maximum absolute atomic E-state index is 12.7. The predicted octanol–water partition coefficient (Wildman–Crippen LogP) is 2.27. The molecule has 134 valence electrons. The van der Waals surface area contributed by atoms with E-state index < -0.39 is 0 Å². The maximum Gasteiger partial charge on any atom is 0.228 e. The molecule has 1 aliphatic heterocycles. The van der Waals surface area contributed by atoms with Gasteiger partial charge in [0.1, 0.15) is 0 Å².